The van der Waals surface area contributed by atoms with Crippen LogP contribution in [0.25, 0.3) is 28.1 Å². The monoisotopic (exact) mass is 904 g/mol. The summed E-state index contributed by atoms with van der Waals surface area (Å²) in [4.78, 5) is 46.0. The summed E-state index contributed by atoms with van der Waals surface area (Å²) in [5.74, 6) is 1.58. The first-order valence-corrected chi connectivity index (χ1v) is 22.4. The molecule has 5 aromatic carbocycles. The molecule has 0 radical (unpaired) electrons. The van der Waals surface area contributed by atoms with Gasteiger partial charge in [-0.15, -0.1) is 0 Å². The van der Waals surface area contributed by atoms with Crippen molar-refractivity contribution in [2.75, 3.05) is 48.4 Å². The van der Waals surface area contributed by atoms with E-state index < -0.39 is 17.9 Å². The lowest BCUT2D eigenvalue weighted by Crippen LogP contribution is -2.42. The van der Waals surface area contributed by atoms with Crippen molar-refractivity contribution in [1.29, 1.82) is 0 Å². The largest absolute Gasteiger partial charge is 0.493 e. The lowest BCUT2D eigenvalue weighted by Gasteiger charge is -2.39. The summed E-state index contributed by atoms with van der Waals surface area (Å²) < 4.78 is 46.1. The quantitative estimate of drug-likeness (QED) is 0.0402. The molecule has 0 unspecified atom stereocenters. The Morgan fingerprint density at radius 2 is 1.48 bits per heavy atom. The van der Waals surface area contributed by atoms with Crippen LogP contribution in [-0.2, 0) is 14.3 Å². The Morgan fingerprint density at radius 3 is 2.21 bits per heavy atom. The maximum atomic E-state index is 13.9. The second-order valence-corrected chi connectivity index (χ2v) is 16.7. The molecule has 6 aromatic rings. The summed E-state index contributed by atoms with van der Waals surface area (Å²) in [7, 11) is 6.22. The molecule has 9 rings (SSSR count). The van der Waals surface area contributed by atoms with Crippen molar-refractivity contribution in [2.45, 2.75) is 44.6 Å². The number of fused-ring (bicyclic) bond motifs is 4. The van der Waals surface area contributed by atoms with Gasteiger partial charge in [-0.1, -0.05) is 60.7 Å². The number of para-hydroxylation sites is 1. The highest BCUT2D eigenvalue weighted by Gasteiger charge is 2.53. The summed E-state index contributed by atoms with van der Waals surface area (Å²) in [6.07, 6.45) is 5.70. The van der Waals surface area contributed by atoms with Gasteiger partial charge in [-0.3, -0.25) is 19.4 Å². The third-order valence-corrected chi connectivity index (χ3v) is 12.9. The molecule has 1 amide bonds. The van der Waals surface area contributed by atoms with E-state index in [-0.39, 0.29) is 43.4 Å². The fraction of sp³-hybridized carbons (Fsp3) is 0.296. The number of methoxy groups -OCH3 is 4. The van der Waals surface area contributed by atoms with Crippen LogP contribution in [0.5, 0.6) is 40.2 Å². The molecule has 344 valence electrons. The second kappa shape index (κ2) is 19.5. The summed E-state index contributed by atoms with van der Waals surface area (Å²) in [6.45, 7) is 2.51. The molecule has 13 nitrogen and oxygen atoms in total. The number of esters is 1. The number of aromatic nitrogens is 1. The number of nitrogens with zero attached hydrogens (tertiary/aromatic N) is 1. The van der Waals surface area contributed by atoms with Crippen molar-refractivity contribution >= 4 is 34.6 Å². The van der Waals surface area contributed by atoms with Crippen LogP contribution in [0.15, 0.2) is 103 Å². The number of hydrogen-bond acceptors (Lipinski definition) is 12. The minimum Gasteiger partial charge on any atom is -0.493 e. The summed E-state index contributed by atoms with van der Waals surface area (Å²) in [6, 6.07) is 30.4. The van der Waals surface area contributed by atoms with Gasteiger partial charge in [-0.2, -0.15) is 0 Å². The van der Waals surface area contributed by atoms with Gasteiger partial charge in [0.15, 0.2) is 40.3 Å². The molecule has 0 spiro atoms. The molecule has 13 heteroatoms. The van der Waals surface area contributed by atoms with Gasteiger partial charge in [0, 0.05) is 34.9 Å². The first-order valence-electron chi connectivity index (χ1n) is 22.4. The molecule has 4 atom stereocenters. The van der Waals surface area contributed by atoms with Gasteiger partial charge in [0.2, 0.25) is 18.4 Å². The molecule has 1 aliphatic carbocycles. The number of amides is 1. The fourth-order valence-electron chi connectivity index (χ4n) is 9.72. The molecule has 1 fully saturated rings. The Kier molecular flexibility index (Phi) is 13.0. The number of cyclic esters (lactones) is 1. The molecule has 67 heavy (non-hydrogen) atoms. The molecular weight excluding hydrogens is 853 g/mol. The lowest BCUT2D eigenvalue weighted by atomic mass is 9.65. The SMILES string of the molecule is COc1cc(/C=C/C(=O)c2c(C)nc3ccccc3c2-c2ccccc2)ccc1OCCCCCC(=O)N[C@@H]1c2cc3c(cc2[C@@H](c2cc(OC)c(OC)c(OC)c2)[C@H]2C(=O)OC[C@@H]21)OCO3. The molecule has 3 aliphatic rings. The Labute approximate surface area is 388 Å². The number of rotatable bonds is 17. The third kappa shape index (κ3) is 8.81. The standard InChI is InChI=1S/C54H52N2O11/c1-31-48(49(33-14-8-6-9-15-33)35-16-11-12-17-39(35)55-31)40(57)21-19-32-20-22-41(42(24-32)60-2)64-23-13-7-10-18-47(58)56-52-37-28-44-43(66-30-67-44)27-36(37)50(51-38(52)29-65-54(51)59)34-25-45(61-3)53(63-5)46(26-34)62-4/h6,8-9,11-12,14-17,19-22,24-28,38,50-52H,7,10,13,18,23,29-30H2,1-5H3,(H,56,58)/b21-19+/t38-,50+,51-,52+/m0/s1. The van der Waals surface area contributed by atoms with Crippen molar-refractivity contribution in [3.63, 3.8) is 0 Å². The van der Waals surface area contributed by atoms with Crippen LogP contribution in [0.3, 0.4) is 0 Å². The number of hydrogen-bond donors (Lipinski definition) is 1. The number of benzene rings is 5. The number of ether oxygens (including phenoxy) is 8. The normalized spacial score (nSPS) is 18.0. The van der Waals surface area contributed by atoms with Gasteiger partial charge in [0.25, 0.3) is 0 Å². The van der Waals surface area contributed by atoms with Crippen LogP contribution >= 0.6 is 0 Å². The highest BCUT2D eigenvalue weighted by atomic mass is 16.7. The zero-order chi connectivity index (χ0) is 46.6. The molecule has 0 saturated carbocycles. The van der Waals surface area contributed by atoms with Crippen molar-refractivity contribution in [1.82, 2.24) is 10.3 Å². The van der Waals surface area contributed by atoms with E-state index in [1.807, 2.05) is 104 Å². The van der Waals surface area contributed by atoms with Gasteiger partial charge in [-0.25, -0.2) is 0 Å². The summed E-state index contributed by atoms with van der Waals surface area (Å²) >= 11 is 0. The average Bonchev–Trinajstić information content (AvgIpc) is 3.99. The molecule has 3 heterocycles. The number of carbonyl (C=O) groups excluding carboxylic acids is 3. The molecule has 1 aromatic heterocycles. The molecule has 1 saturated heterocycles. The number of pyridine rings is 1. The van der Waals surface area contributed by atoms with Gasteiger partial charge in [0.05, 0.1) is 64.7 Å². The van der Waals surface area contributed by atoms with Gasteiger partial charge < -0.3 is 43.2 Å². The van der Waals surface area contributed by atoms with Crippen LogP contribution in [0.1, 0.15) is 75.9 Å². The molecule has 2 aliphatic heterocycles. The van der Waals surface area contributed by atoms with Crippen molar-refractivity contribution in [3.05, 3.63) is 137 Å². The van der Waals surface area contributed by atoms with E-state index in [0.29, 0.717) is 71.0 Å². The topological polar surface area (TPSA) is 150 Å². The van der Waals surface area contributed by atoms with Crippen LogP contribution in [0.2, 0.25) is 0 Å². The van der Waals surface area contributed by atoms with Crippen molar-refractivity contribution in [2.24, 2.45) is 11.8 Å². The third-order valence-electron chi connectivity index (χ3n) is 12.9. The number of aryl methyl sites for hydroxylation is 1. The van der Waals surface area contributed by atoms with Crippen molar-refractivity contribution in [3.8, 4) is 51.4 Å². The number of allylic oxidation sites excluding steroid dienone is 1. The van der Waals surface area contributed by atoms with Crippen LogP contribution in [0.4, 0.5) is 0 Å². The van der Waals surface area contributed by atoms with Crippen LogP contribution < -0.4 is 38.5 Å². The van der Waals surface area contributed by atoms with E-state index in [9.17, 15) is 14.4 Å². The highest BCUT2D eigenvalue weighted by molar-refractivity contribution is 6.16. The number of carbonyl (C=O) groups is 3. The van der Waals surface area contributed by atoms with E-state index in [1.165, 1.54) is 0 Å². The van der Waals surface area contributed by atoms with Gasteiger partial charge in [0.1, 0.15) is 0 Å². The van der Waals surface area contributed by atoms with E-state index in [2.05, 4.69) is 5.32 Å². The van der Waals surface area contributed by atoms with Gasteiger partial charge >= 0.3 is 5.97 Å². The summed E-state index contributed by atoms with van der Waals surface area (Å²) in [5, 5.41) is 4.18. The summed E-state index contributed by atoms with van der Waals surface area (Å²) in [5.41, 5.74) is 7.08. The van der Waals surface area contributed by atoms with E-state index >= 15 is 0 Å². The molecular formula is C54H52N2O11. The van der Waals surface area contributed by atoms with Crippen LogP contribution in [-0.4, -0.2) is 71.1 Å². The highest BCUT2D eigenvalue weighted by Crippen LogP contribution is 2.55. The second-order valence-electron chi connectivity index (χ2n) is 16.7. The Balaban J connectivity index is 0.832. The number of unbranched alkanes of at least 4 members (excludes halogenated alkanes) is 2. The molecule has 1 N–H and O–H groups in total. The van der Waals surface area contributed by atoms with E-state index in [0.717, 1.165) is 50.7 Å². The minimum absolute atomic E-state index is 0.0716. The predicted octanol–water partition coefficient (Wildman–Crippen LogP) is 9.60. The lowest BCUT2D eigenvalue weighted by molar-refractivity contribution is -0.141. The Bertz CT molecular complexity index is 2850. The smallest absolute Gasteiger partial charge is 0.310 e. The zero-order valence-electron chi connectivity index (χ0n) is 38.1. The van der Waals surface area contributed by atoms with Crippen molar-refractivity contribution < 1.29 is 52.3 Å². The van der Waals surface area contributed by atoms with Gasteiger partial charge in [-0.05, 0) is 103 Å². The first-order chi connectivity index (χ1) is 32.7. The first kappa shape index (κ1) is 44.7. The minimum atomic E-state index is -0.604. The Hall–Kier alpha value is -7.54. The number of nitrogens with one attached hydrogen (secondary N) is 1. The number of ketones is 1. The Morgan fingerprint density at radius 1 is 0.761 bits per heavy atom. The zero-order valence-corrected chi connectivity index (χ0v) is 38.1. The maximum absolute atomic E-state index is 13.9. The average molecular weight is 905 g/mol. The maximum Gasteiger partial charge on any atom is 0.310 e. The van der Waals surface area contributed by atoms with E-state index in [4.69, 9.17) is 42.9 Å². The molecule has 0 bridgehead atoms. The fourth-order valence-corrected chi connectivity index (χ4v) is 9.72. The van der Waals surface area contributed by atoms with Crippen LogP contribution in [0, 0.1) is 18.8 Å². The predicted molar refractivity (Wildman–Crippen MR) is 252 cm³/mol. The van der Waals surface area contributed by atoms with E-state index in [1.54, 1.807) is 40.6 Å².